The molecule has 4 N–H and O–H groups in total. The van der Waals surface area contributed by atoms with E-state index in [-0.39, 0.29) is 48.9 Å². The van der Waals surface area contributed by atoms with E-state index in [9.17, 15) is 19.2 Å². The van der Waals surface area contributed by atoms with Gasteiger partial charge in [0.2, 0.25) is 11.8 Å². The molecule has 4 atom stereocenters. The molecule has 4 amide bonds. The topological polar surface area (TPSA) is 230 Å². The number of aromatic amines is 2. The molecule has 70 heavy (non-hydrogen) atoms. The van der Waals surface area contributed by atoms with E-state index in [2.05, 4.69) is 20.6 Å². The number of hydrogen-bond donors (Lipinski definition) is 4. The number of imidazole rings is 2. The maximum atomic E-state index is 14.3. The Kier molecular flexibility index (Phi) is 17.3. The molecule has 4 saturated heterocycles. The summed E-state index contributed by atoms with van der Waals surface area (Å²) in [7, 11) is 5.82. The van der Waals surface area contributed by atoms with E-state index < -0.39 is 24.3 Å². The van der Waals surface area contributed by atoms with Gasteiger partial charge in [-0.1, -0.05) is 24.3 Å². The number of ether oxygens (including phenoxy) is 8. The number of H-pyrrole nitrogens is 2. The first-order valence-corrected chi connectivity index (χ1v) is 24.3. The molecule has 0 unspecified atom stereocenters. The molecule has 4 aliphatic rings. The number of hydrogen-bond acceptors (Lipinski definition) is 14. The van der Waals surface area contributed by atoms with Crippen LogP contribution in [0.1, 0.15) is 75.1 Å². The van der Waals surface area contributed by atoms with Crippen LogP contribution in [0.25, 0.3) is 33.6 Å². The van der Waals surface area contributed by atoms with Crippen LogP contribution >= 0.6 is 0 Å². The Morgan fingerprint density at radius 1 is 0.600 bits per heavy atom. The Bertz CT molecular complexity index is 2380. The van der Waals surface area contributed by atoms with Crippen LogP contribution in [-0.4, -0.2) is 160 Å². The van der Waals surface area contributed by atoms with Crippen molar-refractivity contribution in [3.8, 4) is 45.1 Å². The fourth-order valence-corrected chi connectivity index (χ4v) is 10.1. The van der Waals surface area contributed by atoms with Crippen molar-refractivity contribution in [1.29, 1.82) is 0 Å². The number of aromatic nitrogens is 4. The highest BCUT2D eigenvalue weighted by Gasteiger charge is 2.42. The minimum absolute atomic E-state index is 0.0619. The number of nitrogens with one attached hydrogen (secondary N) is 4. The molecule has 378 valence electrons. The second-order valence-corrected chi connectivity index (χ2v) is 17.9. The fourth-order valence-electron chi connectivity index (χ4n) is 10.1. The Labute approximate surface area is 407 Å². The number of amides is 4. The fraction of sp³-hybridized carbons (Fsp3) is 0.560. The van der Waals surface area contributed by atoms with Crippen LogP contribution in [-0.2, 0) is 38.0 Å². The van der Waals surface area contributed by atoms with Gasteiger partial charge in [-0.15, -0.1) is 0 Å². The van der Waals surface area contributed by atoms with Crippen molar-refractivity contribution in [2.45, 2.75) is 75.5 Å². The SMILES string of the molecule is COCCOc1c(-c2ccc(-c3cnc([C@@H]4CCCN4C(=O)[C@@H](NC(=O)OC)C4CCOCC4)[nH]3)cc2)ccc(-c2cnc([C@@H]3CCCN3C(=O)[C@@H](NC(=O)OC)C3CCOCC3)[nH]2)c1OCCOC. The first-order chi connectivity index (χ1) is 34.2. The van der Waals surface area contributed by atoms with Gasteiger partial charge in [0.25, 0.3) is 0 Å². The number of alkyl carbamates (subject to hydrolysis) is 2. The lowest BCUT2D eigenvalue weighted by Crippen LogP contribution is -2.53. The second-order valence-electron chi connectivity index (χ2n) is 17.9. The number of likely N-dealkylation sites (tertiary alicyclic amines) is 2. The molecule has 0 aliphatic carbocycles. The van der Waals surface area contributed by atoms with Gasteiger partial charge in [-0.2, -0.15) is 0 Å². The Morgan fingerprint density at radius 2 is 1.04 bits per heavy atom. The van der Waals surface area contributed by atoms with Crippen molar-refractivity contribution in [2.24, 2.45) is 11.8 Å². The van der Waals surface area contributed by atoms with E-state index in [0.717, 1.165) is 41.6 Å². The summed E-state index contributed by atoms with van der Waals surface area (Å²) in [6.07, 6.45) is 7.90. The molecular formula is C50H66N8O12. The van der Waals surface area contributed by atoms with Crippen LogP contribution in [0.3, 0.4) is 0 Å². The molecule has 2 aromatic carbocycles. The molecule has 6 heterocycles. The molecule has 0 radical (unpaired) electrons. The highest BCUT2D eigenvalue weighted by atomic mass is 16.6. The highest BCUT2D eigenvalue weighted by molar-refractivity contribution is 5.88. The summed E-state index contributed by atoms with van der Waals surface area (Å²) in [4.78, 5) is 73.5. The molecule has 20 heteroatoms. The molecule has 8 rings (SSSR count). The van der Waals surface area contributed by atoms with Crippen LogP contribution in [0.4, 0.5) is 9.59 Å². The van der Waals surface area contributed by atoms with Gasteiger partial charge in [0.15, 0.2) is 11.5 Å². The molecule has 0 bridgehead atoms. The Balaban J connectivity index is 1.04. The number of benzene rings is 2. The number of rotatable bonds is 19. The van der Waals surface area contributed by atoms with Crippen molar-refractivity contribution in [1.82, 2.24) is 40.4 Å². The number of methoxy groups -OCH3 is 4. The second kappa shape index (κ2) is 24.1. The minimum atomic E-state index is -0.752. The number of carbonyl (C=O) groups is 4. The molecule has 2 aromatic heterocycles. The first kappa shape index (κ1) is 50.2. The summed E-state index contributed by atoms with van der Waals surface area (Å²) < 4.78 is 44.7. The standard InChI is InChI=1S/C50H66N8O12/c1-63-25-27-69-43-35(31-9-11-32(12-10-31)37-29-51-45(53-37)39-7-5-19-57(39)47(59)41(55-49(61)65-3)33-15-21-67-22-16-33)13-14-36(44(43)70-28-26-64-2)38-30-52-46(54-38)40-8-6-20-58(40)48(60)42(56-50(62)66-4)34-17-23-68-24-18-34/h9-14,29-30,33-34,39-42H,5-8,15-28H2,1-4H3,(H,51,53)(H,52,54)(H,55,61)(H,56,62)/t39-,40-,41-,42-/m0/s1. The molecule has 20 nitrogen and oxygen atoms in total. The van der Waals surface area contributed by atoms with Crippen molar-refractivity contribution in [2.75, 3.05) is 94.4 Å². The first-order valence-electron chi connectivity index (χ1n) is 24.3. The Hall–Kier alpha value is -6.22. The van der Waals surface area contributed by atoms with Crippen LogP contribution in [0.2, 0.25) is 0 Å². The van der Waals surface area contributed by atoms with Gasteiger partial charge in [-0.3, -0.25) is 9.59 Å². The largest absolute Gasteiger partial charge is 0.487 e. The monoisotopic (exact) mass is 970 g/mol. The van der Waals surface area contributed by atoms with Gasteiger partial charge in [-0.05, 0) is 86.5 Å². The van der Waals surface area contributed by atoms with Crippen molar-refractivity contribution in [3.05, 3.63) is 60.4 Å². The van der Waals surface area contributed by atoms with Crippen molar-refractivity contribution in [3.63, 3.8) is 0 Å². The van der Waals surface area contributed by atoms with Gasteiger partial charge in [0.1, 0.15) is 36.9 Å². The van der Waals surface area contributed by atoms with Gasteiger partial charge < -0.3 is 68.3 Å². The zero-order valence-electron chi connectivity index (χ0n) is 40.5. The van der Waals surface area contributed by atoms with Gasteiger partial charge in [0, 0.05) is 64.9 Å². The predicted molar refractivity (Wildman–Crippen MR) is 255 cm³/mol. The molecule has 0 spiro atoms. The van der Waals surface area contributed by atoms with Crippen molar-refractivity contribution < 1.29 is 57.1 Å². The number of nitrogens with zero attached hydrogens (tertiary/aromatic N) is 4. The lowest BCUT2D eigenvalue weighted by molar-refractivity contribution is -0.137. The van der Waals surface area contributed by atoms with E-state index in [0.29, 0.717) is 119 Å². The third-order valence-corrected chi connectivity index (χ3v) is 13.8. The zero-order chi connectivity index (χ0) is 49.0. The lowest BCUT2D eigenvalue weighted by atomic mass is 9.90. The molecule has 4 aliphatic heterocycles. The third kappa shape index (κ3) is 11.5. The van der Waals surface area contributed by atoms with E-state index in [4.69, 9.17) is 47.9 Å². The van der Waals surface area contributed by atoms with E-state index >= 15 is 0 Å². The van der Waals surface area contributed by atoms with Crippen LogP contribution in [0.5, 0.6) is 11.5 Å². The predicted octanol–water partition coefficient (Wildman–Crippen LogP) is 5.81. The van der Waals surface area contributed by atoms with E-state index in [1.807, 2.05) is 46.2 Å². The summed E-state index contributed by atoms with van der Waals surface area (Å²) in [5, 5.41) is 5.63. The normalized spacial score (nSPS) is 19.7. The maximum absolute atomic E-state index is 14.3. The van der Waals surface area contributed by atoms with Gasteiger partial charge in [-0.25, -0.2) is 19.6 Å². The van der Waals surface area contributed by atoms with Gasteiger partial charge in [0.05, 0.1) is 63.3 Å². The quantitative estimate of drug-likeness (QED) is 0.0813. The van der Waals surface area contributed by atoms with Crippen LogP contribution < -0.4 is 20.1 Å². The van der Waals surface area contributed by atoms with E-state index in [1.165, 1.54) is 14.2 Å². The summed E-state index contributed by atoms with van der Waals surface area (Å²) in [5.74, 6) is 1.84. The molecular weight excluding hydrogens is 905 g/mol. The molecule has 4 fully saturated rings. The van der Waals surface area contributed by atoms with Crippen LogP contribution in [0, 0.1) is 11.8 Å². The average Bonchev–Trinajstić information content (AvgIpc) is 4.26. The van der Waals surface area contributed by atoms with Crippen molar-refractivity contribution >= 4 is 24.0 Å². The summed E-state index contributed by atoms with van der Waals surface area (Å²) in [6, 6.07) is 9.90. The number of carbonyl (C=O) groups excluding carboxylic acids is 4. The maximum Gasteiger partial charge on any atom is 0.407 e. The third-order valence-electron chi connectivity index (χ3n) is 13.8. The minimum Gasteiger partial charge on any atom is -0.487 e. The Morgan fingerprint density at radius 3 is 1.53 bits per heavy atom. The van der Waals surface area contributed by atoms with E-state index in [1.54, 1.807) is 26.6 Å². The molecule has 0 saturated carbocycles. The van der Waals surface area contributed by atoms with Crippen LogP contribution in [0.15, 0.2) is 48.8 Å². The zero-order valence-corrected chi connectivity index (χ0v) is 40.5. The lowest BCUT2D eigenvalue weighted by Gasteiger charge is -2.34. The molecule has 4 aromatic rings. The summed E-state index contributed by atoms with van der Waals surface area (Å²) >= 11 is 0. The summed E-state index contributed by atoms with van der Waals surface area (Å²) in [5.41, 5.74) is 4.72. The smallest absolute Gasteiger partial charge is 0.407 e. The summed E-state index contributed by atoms with van der Waals surface area (Å²) in [6.45, 7) is 4.35. The van der Waals surface area contributed by atoms with Gasteiger partial charge >= 0.3 is 12.2 Å². The highest BCUT2D eigenvalue weighted by Crippen LogP contribution is 2.46. The average molecular weight is 971 g/mol.